The molecule has 21 heavy (non-hydrogen) atoms. The molecule has 1 aromatic heterocycles. The maximum absolute atomic E-state index is 10.9. The lowest BCUT2D eigenvalue weighted by Gasteiger charge is -2.07. The molecule has 0 saturated heterocycles. The number of nitrogens with two attached hydrogens (primary N) is 1. The predicted octanol–water partition coefficient (Wildman–Crippen LogP) is 2.91. The zero-order chi connectivity index (χ0) is 14.8. The normalized spacial score (nSPS) is 10.5. The number of non-ortho nitro benzene ring substituents is 1. The average molecular weight is 282 g/mol. The van der Waals surface area contributed by atoms with Crippen LogP contribution in [-0.4, -0.2) is 14.9 Å². The van der Waals surface area contributed by atoms with Gasteiger partial charge in [0.1, 0.15) is 12.1 Å². The van der Waals surface area contributed by atoms with E-state index < -0.39 is 4.92 Å². The number of ether oxygens (including phenoxy) is 1. The molecular formula is C14H10N4O3. The Balaban J connectivity index is 2.06. The number of benzene rings is 2. The maximum atomic E-state index is 10.9. The first-order valence-electron chi connectivity index (χ1n) is 6.06. The quantitative estimate of drug-likeness (QED) is 0.450. The van der Waals surface area contributed by atoms with Gasteiger partial charge in [0, 0.05) is 17.8 Å². The summed E-state index contributed by atoms with van der Waals surface area (Å²) in [7, 11) is 0. The fourth-order valence-electron chi connectivity index (χ4n) is 1.86. The van der Waals surface area contributed by atoms with Gasteiger partial charge in [0.25, 0.3) is 5.69 Å². The second-order valence-corrected chi connectivity index (χ2v) is 4.31. The molecule has 0 spiro atoms. The highest BCUT2D eigenvalue weighted by atomic mass is 16.6. The summed E-state index contributed by atoms with van der Waals surface area (Å²) in [6.45, 7) is 0. The van der Waals surface area contributed by atoms with Gasteiger partial charge in [-0.25, -0.2) is 9.97 Å². The average Bonchev–Trinajstić information content (AvgIpc) is 2.49. The molecule has 0 amide bonds. The van der Waals surface area contributed by atoms with E-state index >= 15 is 0 Å². The van der Waals surface area contributed by atoms with Crippen molar-refractivity contribution in [2.75, 3.05) is 5.73 Å². The Hall–Kier alpha value is -3.22. The van der Waals surface area contributed by atoms with E-state index in [4.69, 9.17) is 10.5 Å². The molecule has 104 valence electrons. The molecule has 0 radical (unpaired) electrons. The molecule has 2 aromatic carbocycles. The van der Waals surface area contributed by atoms with Crippen LogP contribution in [0.4, 0.5) is 11.4 Å². The number of fused-ring (bicyclic) bond motifs is 1. The first-order valence-corrected chi connectivity index (χ1v) is 6.06. The van der Waals surface area contributed by atoms with Gasteiger partial charge in [-0.05, 0) is 30.3 Å². The summed E-state index contributed by atoms with van der Waals surface area (Å²) in [6.07, 6.45) is 1.35. The number of anilines is 1. The van der Waals surface area contributed by atoms with Crippen molar-refractivity contribution in [3.63, 3.8) is 0 Å². The van der Waals surface area contributed by atoms with Crippen molar-refractivity contribution in [2.45, 2.75) is 0 Å². The topological polar surface area (TPSA) is 104 Å². The summed E-state index contributed by atoms with van der Waals surface area (Å²) in [6, 6.07) is 11.1. The Kier molecular flexibility index (Phi) is 3.07. The fourth-order valence-corrected chi connectivity index (χ4v) is 1.86. The van der Waals surface area contributed by atoms with Crippen LogP contribution in [-0.2, 0) is 0 Å². The molecule has 7 heteroatoms. The molecule has 3 rings (SSSR count). The number of nitrogen functional groups attached to an aromatic ring is 1. The van der Waals surface area contributed by atoms with Gasteiger partial charge in [0.05, 0.1) is 15.8 Å². The Bertz CT molecular complexity index is 818. The van der Waals surface area contributed by atoms with Gasteiger partial charge in [-0.1, -0.05) is 0 Å². The highest BCUT2D eigenvalue weighted by Crippen LogP contribution is 2.29. The fraction of sp³-hybridized carbons (Fsp3) is 0. The summed E-state index contributed by atoms with van der Waals surface area (Å²) < 4.78 is 5.65. The summed E-state index contributed by atoms with van der Waals surface area (Å²) in [5.41, 5.74) is 6.75. The predicted molar refractivity (Wildman–Crippen MR) is 77.1 cm³/mol. The van der Waals surface area contributed by atoms with E-state index in [1.165, 1.54) is 18.5 Å². The molecule has 0 bridgehead atoms. The highest BCUT2D eigenvalue weighted by Gasteiger charge is 2.12. The number of nitro benzene ring substituents is 1. The number of hydrogen-bond acceptors (Lipinski definition) is 6. The SMILES string of the molecule is Nc1ccc(Oc2ncnc3ccc([N+](=O)[O-])cc23)cc1. The summed E-state index contributed by atoms with van der Waals surface area (Å²) in [5.74, 6) is 0.796. The standard InChI is InChI=1S/C14H10N4O3/c15-9-1-4-11(5-2-9)21-14-12-7-10(18(19)20)3-6-13(12)16-8-17-14/h1-8H,15H2. The first kappa shape index (κ1) is 12.8. The van der Waals surface area contributed by atoms with Gasteiger partial charge in [-0.3, -0.25) is 10.1 Å². The van der Waals surface area contributed by atoms with Crippen LogP contribution in [0.3, 0.4) is 0 Å². The van der Waals surface area contributed by atoms with Crippen LogP contribution in [0.1, 0.15) is 0 Å². The largest absolute Gasteiger partial charge is 0.438 e. The molecule has 0 aliphatic heterocycles. The van der Waals surface area contributed by atoms with Crippen LogP contribution in [0.15, 0.2) is 48.8 Å². The van der Waals surface area contributed by atoms with Crippen molar-refractivity contribution in [3.05, 3.63) is 58.9 Å². The van der Waals surface area contributed by atoms with Crippen molar-refractivity contribution in [3.8, 4) is 11.6 Å². The third-order valence-electron chi connectivity index (χ3n) is 2.89. The van der Waals surface area contributed by atoms with Gasteiger partial charge in [-0.2, -0.15) is 0 Å². The van der Waals surface area contributed by atoms with Crippen molar-refractivity contribution in [2.24, 2.45) is 0 Å². The Labute approximate surface area is 119 Å². The van der Waals surface area contributed by atoms with Crippen LogP contribution >= 0.6 is 0 Å². The summed E-state index contributed by atoms with van der Waals surface area (Å²) in [4.78, 5) is 18.5. The third kappa shape index (κ3) is 2.57. The molecule has 0 fully saturated rings. The van der Waals surface area contributed by atoms with E-state index in [0.29, 0.717) is 22.3 Å². The molecule has 0 unspecified atom stereocenters. The third-order valence-corrected chi connectivity index (χ3v) is 2.89. The minimum Gasteiger partial charge on any atom is -0.438 e. The molecule has 7 nitrogen and oxygen atoms in total. The summed E-state index contributed by atoms with van der Waals surface area (Å²) >= 11 is 0. The summed E-state index contributed by atoms with van der Waals surface area (Å²) in [5, 5.41) is 11.3. The van der Waals surface area contributed by atoms with E-state index in [1.807, 2.05) is 0 Å². The molecule has 0 saturated carbocycles. The van der Waals surface area contributed by atoms with E-state index in [1.54, 1.807) is 30.3 Å². The zero-order valence-electron chi connectivity index (χ0n) is 10.8. The molecule has 1 heterocycles. The number of nitro groups is 1. The highest BCUT2D eigenvalue weighted by molar-refractivity contribution is 5.85. The van der Waals surface area contributed by atoms with E-state index in [0.717, 1.165) is 0 Å². The minimum absolute atomic E-state index is 0.0422. The van der Waals surface area contributed by atoms with Gasteiger partial charge in [-0.15, -0.1) is 0 Å². The number of rotatable bonds is 3. The van der Waals surface area contributed by atoms with Crippen LogP contribution < -0.4 is 10.5 Å². The maximum Gasteiger partial charge on any atom is 0.270 e. The van der Waals surface area contributed by atoms with E-state index in [2.05, 4.69) is 9.97 Å². The van der Waals surface area contributed by atoms with Gasteiger partial charge in [0.2, 0.25) is 5.88 Å². The van der Waals surface area contributed by atoms with E-state index in [-0.39, 0.29) is 11.6 Å². The number of nitrogens with zero attached hydrogens (tertiary/aromatic N) is 3. The lowest BCUT2D eigenvalue weighted by atomic mass is 10.2. The molecule has 0 aliphatic rings. The Morgan fingerprint density at radius 3 is 2.57 bits per heavy atom. The minimum atomic E-state index is -0.473. The van der Waals surface area contributed by atoms with Crippen LogP contribution in [0.5, 0.6) is 11.6 Å². The van der Waals surface area contributed by atoms with Crippen molar-refractivity contribution in [1.29, 1.82) is 0 Å². The van der Waals surface area contributed by atoms with Crippen molar-refractivity contribution >= 4 is 22.3 Å². The molecule has 0 aliphatic carbocycles. The van der Waals surface area contributed by atoms with Crippen LogP contribution in [0, 0.1) is 10.1 Å². The Morgan fingerprint density at radius 1 is 1.10 bits per heavy atom. The zero-order valence-corrected chi connectivity index (χ0v) is 10.8. The number of hydrogen-bond donors (Lipinski definition) is 1. The second kappa shape index (κ2) is 5.04. The lowest BCUT2D eigenvalue weighted by Crippen LogP contribution is -1.94. The van der Waals surface area contributed by atoms with Crippen molar-refractivity contribution in [1.82, 2.24) is 9.97 Å². The lowest BCUT2D eigenvalue weighted by molar-refractivity contribution is -0.384. The molecule has 0 atom stereocenters. The smallest absolute Gasteiger partial charge is 0.270 e. The molecular weight excluding hydrogens is 272 g/mol. The Morgan fingerprint density at radius 2 is 1.86 bits per heavy atom. The first-order chi connectivity index (χ1) is 10.1. The second-order valence-electron chi connectivity index (χ2n) is 4.31. The van der Waals surface area contributed by atoms with Gasteiger partial charge in [0.15, 0.2) is 0 Å². The van der Waals surface area contributed by atoms with Crippen LogP contribution in [0.2, 0.25) is 0 Å². The van der Waals surface area contributed by atoms with E-state index in [9.17, 15) is 10.1 Å². The van der Waals surface area contributed by atoms with Gasteiger partial charge >= 0.3 is 0 Å². The molecule has 2 N–H and O–H groups in total. The molecule has 3 aromatic rings. The monoisotopic (exact) mass is 282 g/mol. The van der Waals surface area contributed by atoms with Crippen molar-refractivity contribution < 1.29 is 9.66 Å². The number of aromatic nitrogens is 2. The van der Waals surface area contributed by atoms with Gasteiger partial charge < -0.3 is 10.5 Å². The van der Waals surface area contributed by atoms with Crippen LogP contribution in [0.25, 0.3) is 10.9 Å².